The highest BCUT2D eigenvalue weighted by Crippen LogP contribution is 2.29. The monoisotopic (exact) mass is 583 g/mol. The number of aliphatic hydroxyl groups excluding tert-OH is 1. The number of ether oxygens (including phenoxy) is 2. The molecule has 0 aliphatic carbocycles. The summed E-state index contributed by atoms with van der Waals surface area (Å²) >= 11 is 0. The Morgan fingerprint density at radius 2 is 1.86 bits per heavy atom. The maximum Gasteiger partial charge on any atom is 0.248 e. The zero-order chi connectivity index (χ0) is 29.6. The lowest BCUT2D eigenvalue weighted by Gasteiger charge is -2.43. The Bertz CT molecular complexity index is 1450. The Hall–Kier alpha value is -4.24. The van der Waals surface area contributed by atoms with Crippen LogP contribution in [-0.2, 0) is 9.53 Å². The molecule has 0 bridgehead atoms. The number of piperazine rings is 1. The Balaban J connectivity index is 1.07. The van der Waals surface area contributed by atoms with Gasteiger partial charge in [-0.25, -0.2) is 9.97 Å². The molecule has 1 amide bonds. The van der Waals surface area contributed by atoms with E-state index in [1.165, 1.54) is 5.69 Å². The van der Waals surface area contributed by atoms with E-state index >= 15 is 0 Å². The second kappa shape index (κ2) is 13.4. The van der Waals surface area contributed by atoms with Gasteiger partial charge >= 0.3 is 0 Å². The summed E-state index contributed by atoms with van der Waals surface area (Å²) in [5.41, 5.74) is 3.27. The molecule has 3 saturated heterocycles. The van der Waals surface area contributed by atoms with Gasteiger partial charge in [0.25, 0.3) is 0 Å². The number of hydrogen-bond donors (Lipinski definition) is 2. The van der Waals surface area contributed by atoms with Gasteiger partial charge < -0.3 is 29.7 Å². The van der Waals surface area contributed by atoms with Gasteiger partial charge in [-0.1, -0.05) is 0 Å². The molecule has 224 valence electrons. The molecule has 1 atom stereocenters. The molecular formula is C32H37N7O4. The van der Waals surface area contributed by atoms with Crippen LogP contribution in [0.4, 0.5) is 17.2 Å². The van der Waals surface area contributed by atoms with E-state index in [0.29, 0.717) is 48.5 Å². The first-order chi connectivity index (χ1) is 21.1. The van der Waals surface area contributed by atoms with E-state index in [9.17, 15) is 10.1 Å². The summed E-state index contributed by atoms with van der Waals surface area (Å²) in [5.74, 6) is 1.41. The number of amides is 1. The van der Waals surface area contributed by atoms with Crippen molar-refractivity contribution >= 4 is 23.1 Å². The molecule has 0 spiro atoms. The molecule has 4 heterocycles. The zero-order valence-corrected chi connectivity index (χ0v) is 24.2. The molecule has 11 nitrogen and oxygen atoms in total. The van der Waals surface area contributed by atoms with Crippen LogP contribution < -0.4 is 15.0 Å². The van der Waals surface area contributed by atoms with Gasteiger partial charge in [0.1, 0.15) is 30.3 Å². The summed E-state index contributed by atoms with van der Waals surface area (Å²) in [6.45, 7) is 6.51. The van der Waals surface area contributed by atoms with Crippen molar-refractivity contribution in [3.63, 3.8) is 0 Å². The fourth-order valence-corrected chi connectivity index (χ4v) is 5.82. The Kier molecular flexibility index (Phi) is 8.98. The van der Waals surface area contributed by atoms with Gasteiger partial charge in [0.15, 0.2) is 5.82 Å². The highest BCUT2D eigenvalue weighted by Gasteiger charge is 2.29. The molecule has 43 heavy (non-hydrogen) atoms. The van der Waals surface area contributed by atoms with Gasteiger partial charge in [-0.2, -0.15) is 5.26 Å². The minimum absolute atomic E-state index is 0.114. The van der Waals surface area contributed by atoms with Crippen LogP contribution >= 0.6 is 0 Å². The normalized spacial score (nSPS) is 19.7. The Morgan fingerprint density at radius 3 is 2.58 bits per heavy atom. The van der Waals surface area contributed by atoms with Crippen LogP contribution in [0.5, 0.6) is 5.75 Å². The van der Waals surface area contributed by atoms with Crippen LogP contribution in [-0.4, -0.2) is 102 Å². The Morgan fingerprint density at radius 1 is 1.05 bits per heavy atom. The highest BCUT2D eigenvalue weighted by molar-refractivity contribution is 5.77. The summed E-state index contributed by atoms with van der Waals surface area (Å²) < 4.78 is 11.5. The predicted octanol–water partition coefficient (Wildman–Crippen LogP) is 3.03. The first-order valence-electron chi connectivity index (χ1n) is 15.0. The van der Waals surface area contributed by atoms with Crippen LogP contribution in [0, 0.1) is 11.3 Å². The van der Waals surface area contributed by atoms with Gasteiger partial charge in [-0.3, -0.25) is 9.69 Å². The van der Waals surface area contributed by atoms with Gasteiger partial charge in [0.05, 0.1) is 24.8 Å². The number of anilines is 3. The largest absolute Gasteiger partial charge is 0.489 e. The number of benzene rings is 2. The molecule has 2 N–H and O–H groups in total. The number of hydrogen-bond acceptors (Lipinski definition) is 10. The summed E-state index contributed by atoms with van der Waals surface area (Å²) in [6.07, 6.45) is 3.78. The molecule has 3 fully saturated rings. The molecule has 2 aromatic carbocycles. The lowest BCUT2D eigenvalue weighted by atomic mass is 10.1. The molecule has 0 saturated carbocycles. The average molecular weight is 584 g/mol. The van der Waals surface area contributed by atoms with Crippen molar-refractivity contribution in [3.8, 4) is 23.2 Å². The van der Waals surface area contributed by atoms with Crippen LogP contribution in [0.3, 0.4) is 0 Å². The van der Waals surface area contributed by atoms with Crippen LogP contribution in [0.15, 0.2) is 54.7 Å². The highest BCUT2D eigenvalue weighted by atomic mass is 16.5. The van der Waals surface area contributed by atoms with E-state index in [1.54, 1.807) is 23.2 Å². The lowest BCUT2D eigenvalue weighted by molar-refractivity contribution is -0.134. The van der Waals surface area contributed by atoms with Gasteiger partial charge in [0.2, 0.25) is 5.91 Å². The standard InChI is InChI=1S/C32H37N7O4/c33-19-24-18-23(3-8-29(24)43-28-2-1-12-39(13-10-28)31(41)20-40)32-34-11-9-30(36-32)35-25-4-6-26(7-5-25)37-14-16-38(17-15-37)27-21-42-22-27/h3-9,11,18,27-28,40H,1-2,10,12-17,20-22H2,(H,34,35,36). The van der Waals surface area contributed by atoms with E-state index in [2.05, 4.69) is 50.4 Å². The summed E-state index contributed by atoms with van der Waals surface area (Å²) in [7, 11) is 0. The number of nitrogens with one attached hydrogen (secondary N) is 1. The molecule has 3 aromatic rings. The third kappa shape index (κ3) is 6.88. The summed E-state index contributed by atoms with van der Waals surface area (Å²) in [5, 5.41) is 22.4. The SMILES string of the molecule is N#Cc1cc(-c2nccc(Nc3ccc(N4CCN(C5COC5)CC4)cc3)n2)ccc1OC1CCCN(C(=O)CO)CC1. The predicted molar refractivity (Wildman–Crippen MR) is 162 cm³/mol. The fourth-order valence-electron chi connectivity index (χ4n) is 5.82. The number of nitrogens with zero attached hydrogens (tertiary/aromatic N) is 6. The van der Waals surface area contributed by atoms with E-state index in [-0.39, 0.29) is 12.0 Å². The zero-order valence-electron chi connectivity index (χ0n) is 24.2. The number of carbonyl (C=O) groups is 1. The number of aliphatic hydroxyl groups is 1. The van der Waals surface area contributed by atoms with Crippen molar-refractivity contribution in [1.29, 1.82) is 5.26 Å². The van der Waals surface area contributed by atoms with E-state index in [4.69, 9.17) is 19.6 Å². The molecule has 1 unspecified atom stereocenters. The summed E-state index contributed by atoms with van der Waals surface area (Å²) in [4.78, 5) is 27.6. The van der Waals surface area contributed by atoms with Gasteiger partial charge in [0, 0.05) is 68.8 Å². The summed E-state index contributed by atoms with van der Waals surface area (Å²) in [6, 6.07) is 18.5. The van der Waals surface area contributed by atoms with Gasteiger partial charge in [-0.15, -0.1) is 0 Å². The first-order valence-corrected chi connectivity index (χ1v) is 15.0. The van der Waals surface area contributed by atoms with E-state index in [0.717, 1.165) is 63.5 Å². The number of aromatic nitrogens is 2. The van der Waals surface area contributed by atoms with E-state index < -0.39 is 6.61 Å². The maximum atomic E-state index is 11.9. The smallest absolute Gasteiger partial charge is 0.248 e. The fraction of sp³-hybridized carbons (Fsp3) is 0.438. The van der Waals surface area contributed by atoms with Crippen molar-refractivity contribution in [1.82, 2.24) is 19.8 Å². The minimum Gasteiger partial charge on any atom is -0.489 e. The molecule has 3 aliphatic rings. The van der Waals surface area contributed by atoms with Crippen molar-refractivity contribution in [2.24, 2.45) is 0 Å². The van der Waals surface area contributed by atoms with Crippen molar-refractivity contribution in [2.75, 3.05) is 69.3 Å². The van der Waals surface area contributed by atoms with Crippen molar-refractivity contribution in [3.05, 3.63) is 60.3 Å². The van der Waals surface area contributed by atoms with Crippen LogP contribution in [0.25, 0.3) is 11.4 Å². The van der Waals surface area contributed by atoms with Crippen LogP contribution in [0.1, 0.15) is 24.8 Å². The molecular weight excluding hydrogens is 546 g/mol. The lowest BCUT2D eigenvalue weighted by Crippen LogP contribution is -2.56. The second-order valence-electron chi connectivity index (χ2n) is 11.2. The van der Waals surface area contributed by atoms with Crippen molar-refractivity contribution < 1.29 is 19.4 Å². The molecule has 3 aliphatic heterocycles. The molecule has 11 heteroatoms. The third-order valence-electron chi connectivity index (χ3n) is 8.43. The maximum absolute atomic E-state index is 11.9. The number of nitriles is 1. The molecule has 1 aromatic heterocycles. The van der Waals surface area contributed by atoms with Gasteiger partial charge in [-0.05, 0) is 61.4 Å². The first kappa shape index (κ1) is 28.9. The Labute approximate surface area is 251 Å². The van der Waals surface area contributed by atoms with Crippen molar-refractivity contribution in [2.45, 2.75) is 31.4 Å². The van der Waals surface area contributed by atoms with E-state index in [1.807, 2.05) is 12.1 Å². The molecule has 0 radical (unpaired) electrons. The average Bonchev–Trinajstić information content (AvgIpc) is 3.26. The number of carbonyl (C=O) groups excluding carboxylic acids is 1. The quantitative estimate of drug-likeness (QED) is 0.409. The topological polar surface area (TPSA) is 127 Å². The minimum atomic E-state index is -0.480. The third-order valence-corrected chi connectivity index (χ3v) is 8.43. The number of likely N-dealkylation sites (tertiary alicyclic amines) is 1. The second-order valence-corrected chi connectivity index (χ2v) is 11.2. The van der Waals surface area contributed by atoms with Crippen LogP contribution in [0.2, 0.25) is 0 Å². The number of rotatable bonds is 8. The molecule has 6 rings (SSSR count).